The molecule has 0 spiro atoms. The predicted octanol–water partition coefficient (Wildman–Crippen LogP) is 4.57. The lowest BCUT2D eigenvalue weighted by atomic mass is 10.2. The topological polar surface area (TPSA) is 53.1 Å². The molecule has 5 nitrogen and oxygen atoms in total. The average Bonchev–Trinajstić information content (AvgIpc) is 3.23. The van der Waals surface area contributed by atoms with Crippen molar-refractivity contribution in [2.24, 2.45) is 0 Å². The summed E-state index contributed by atoms with van der Waals surface area (Å²) < 4.78 is 13.0. The Bertz CT molecular complexity index is 874. The van der Waals surface area contributed by atoms with Crippen LogP contribution in [0.5, 0.6) is 0 Å². The minimum atomic E-state index is -0.233. The number of hydrogen-bond acceptors (Lipinski definition) is 5. The fraction of sp³-hybridized carbons (Fsp3) is 0.238. The maximum atomic E-state index is 13.0. The molecule has 0 amide bonds. The Hall–Kier alpha value is -3.15. The highest BCUT2D eigenvalue weighted by molar-refractivity contribution is 5.62. The zero-order valence-electron chi connectivity index (χ0n) is 15.0. The van der Waals surface area contributed by atoms with Crippen LogP contribution in [0.25, 0.3) is 0 Å². The summed E-state index contributed by atoms with van der Waals surface area (Å²) in [5.74, 6) is 1.20. The van der Waals surface area contributed by atoms with Gasteiger partial charge in [-0.1, -0.05) is 12.1 Å². The van der Waals surface area contributed by atoms with E-state index in [4.69, 9.17) is 0 Å². The molecule has 27 heavy (non-hydrogen) atoms. The summed E-state index contributed by atoms with van der Waals surface area (Å²) in [6.45, 7) is 2.85. The maximum Gasteiger partial charge on any atom is 0.135 e. The van der Waals surface area contributed by atoms with E-state index in [0.29, 0.717) is 12.4 Å². The monoisotopic (exact) mass is 363 g/mol. The molecule has 0 unspecified atom stereocenters. The van der Waals surface area contributed by atoms with E-state index in [9.17, 15) is 4.39 Å². The van der Waals surface area contributed by atoms with Crippen LogP contribution in [0.4, 0.5) is 27.4 Å². The summed E-state index contributed by atoms with van der Waals surface area (Å²) in [5, 5.41) is 6.54. The van der Waals surface area contributed by atoms with Crippen LogP contribution in [0.15, 0.2) is 60.9 Å². The standard InChI is InChI=1S/C21H22FN5/c22-17-5-3-16(4-6-17)14-23-20-13-21(25-15-24-20)26-18-7-9-19(10-8-18)27-11-1-2-12-27/h3-10,13,15H,1-2,11-12,14H2,(H2,23,24,25,26). The Morgan fingerprint density at radius 2 is 1.59 bits per heavy atom. The Morgan fingerprint density at radius 1 is 0.889 bits per heavy atom. The molecule has 3 aromatic rings. The lowest BCUT2D eigenvalue weighted by Crippen LogP contribution is -2.17. The fourth-order valence-corrected chi connectivity index (χ4v) is 3.20. The number of aromatic nitrogens is 2. The van der Waals surface area contributed by atoms with Crippen molar-refractivity contribution in [1.82, 2.24) is 9.97 Å². The molecule has 0 saturated carbocycles. The van der Waals surface area contributed by atoms with Gasteiger partial charge in [0.1, 0.15) is 23.8 Å². The van der Waals surface area contributed by atoms with Crippen molar-refractivity contribution in [3.05, 3.63) is 72.3 Å². The number of rotatable bonds is 6. The van der Waals surface area contributed by atoms with Crippen molar-refractivity contribution in [3.8, 4) is 0 Å². The molecule has 0 atom stereocenters. The Balaban J connectivity index is 1.37. The third-order valence-corrected chi connectivity index (χ3v) is 4.66. The number of nitrogens with one attached hydrogen (secondary N) is 2. The number of halogens is 1. The summed E-state index contributed by atoms with van der Waals surface area (Å²) in [6.07, 6.45) is 4.07. The number of hydrogen-bond donors (Lipinski definition) is 2. The molecular formula is C21H22FN5. The van der Waals surface area contributed by atoms with E-state index < -0.39 is 0 Å². The van der Waals surface area contributed by atoms with Crippen LogP contribution in [-0.2, 0) is 6.54 Å². The van der Waals surface area contributed by atoms with Gasteiger partial charge in [0.15, 0.2) is 0 Å². The normalized spacial score (nSPS) is 13.6. The highest BCUT2D eigenvalue weighted by Gasteiger charge is 2.11. The molecule has 4 rings (SSSR count). The minimum Gasteiger partial charge on any atom is -0.372 e. The molecule has 1 fully saturated rings. The molecular weight excluding hydrogens is 341 g/mol. The van der Waals surface area contributed by atoms with E-state index >= 15 is 0 Å². The molecule has 2 aromatic carbocycles. The van der Waals surface area contributed by atoms with E-state index in [0.717, 1.165) is 30.2 Å². The zero-order chi connectivity index (χ0) is 18.5. The van der Waals surface area contributed by atoms with Crippen LogP contribution in [-0.4, -0.2) is 23.1 Å². The smallest absolute Gasteiger partial charge is 0.135 e. The van der Waals surface area contributed by atoms with Crippen LogP contribution < -0.4 is 15.5 Å². The van der Waals surface area contributed by atoms with Crippen LogP contribution >= 0.6 is 0 Å². The largest absolute Gasteiger partial charge is 0.372 e. The minimum absolute atomic E-state index is 0.233. The summed E-state index contributed by atoms with van der Waals surface area (Å²) >= 11 is 0. The van der Waals surface area contributed by atoms with Gasteiger partial charge in [-0.05, 0) is 54.8 Å². The third kappa shape index (κ3) is 4.53. The molecule has 2 N–H and O–H groups in total. The zero-order valence-corrected chi connectivity index (χ0v) is 15.0. The van der Waals surface area contributed by atoms with E-state index in [1.807, 2.05) is 6.07 Å². The van der Waals surface area contributed by atoms with Gasteiger partial charge in [-0.3, -0.25) is 0 Å². The van der Waals surface area contributed by atoms with Crippen LogP contribution in [0.3, 0.4) is 0 Å². The van der Waals surface area contributed by atoms with Crippen molar-refractivity contribution < 1.29 is 4.39 Å². The lowest BCUT2D eigenvalue weighted by molar-refractivity contribution is 0.627. The second-order valence-electron chi connectivity index (χ2n) is 6.63. The Kier molecular flexibility index (Phi) is 5.14. The molecule has 138 valence electrons. The van der Waals surface area contributed by atoms with Crippen molar-refractivity contribution in [2.45, 2.75) is 19.4 Å². The summed E-state index contributed by atoms with van der Waals surface area (Å²) in [6, 6.07) is 16.7. The lowest BCUT2D eigenvalue weighted by Gasteiger charge is -2.18. The molecule has 2 heterocycles. The Labute approximate surface area is 158 Å². The average molecular weight is 363 g/mol. The first-order valence-corrected chi connectivity index (χ1v) is 9.19. The van der Waals surface area contributed by atoms with E-state index in [1.54, 1.807) is 12.1 Å². The van der Waals surface area contributed by atoms with Gasteiger partial charge < -0.3 is 15.5 Å². The third-order valence-electron chi connectivity index (χ3n) is 4.66. The van der Waals surface area contributed by atoms with Crippen molar-refractivity contribution >= 4 is 23.0 Å². The molecule has 0 aliphatic carbocycles. The van der Waals surface area contributed by atoms with Gasteiger partial charge in [0.25, 0.3) is 0 Å². The van der Waals surface area contributed by atoms with E-state index in [-0.39, 0.29) is 5.82 Å². The van der Waals surface area contributed by atoms with Crippen molar-refractivity contribution in [2.75, 3.05) is 28.6 Å². The SMILES string of the molecule is Fc1ccc(CNc2cc(Nc3ccc(N4CCCC4)cc3)ncn2)cc1. The number of anilines is 4. The Morgan fingerprint density at radius 3 is 2.33 bits per heavy atom. The fourth-order valence-electron chi connectivity index (χ4n) is 3.20. The van der Waals surface area contributed by atoms with Gasteiger partial charge in [-0.2, -0.15) is 0 Å². The van der Waals surface area contributed by atoms with E-state index in [1.165, 1.54) is 37.0 Å². The van der Waals surface area contributed by atoms with Crippen LogP contribution in [0, 0.1) is 5.82 Å². The number of nitrogens with zero attached hydrogens (tertiary/aromatic N) is 3. The number of benzene rings is 2. The maximum absolute atomic E-state index is 13.0. The van der Waals surface area contributed by atoms with Gasteiger partial charge in [0.05, 0.1) is 0 Å². The quantitative estimate of drug-likeness (QED) is 0.672. The predicted molar refractivity (Wildman–Crippen MR) is 107 cm³/mol. The molecule has 0 bridgehead atoms. The summed E-state index contributed by atoms with van der Waals surface area (Å²) in [4.78, 5) is 10.9. The molecule has 1 saturated heterocycles. The van der Waals surface area contributed by atoms with E-state index in [2.05, 4.69) is 49.8 Å². The summed E-state index contributed by atoms with van der Waals surface area (Å²) in [5.41, 5.74) is 3.24. The van der Waals surface area contributed by atoms with Gasteiger partial charge in [0, 0.05) is 37.1 Å². The van der Waals surface area contributed by atoms with Crippen molar-refractivity contribution in [3.63, 3.8) is 0 Å². The molecule has 0 radical (unpaired) electrons. The molecule has 6 heteroatoms. The molecule has 1 aliphatic heterocycles. The molecule has 1 aliphatic rings. The highest BCUT2D eigenvalue weighted by atomic mass is 19.1. The van der Waals surface area contributed by atoms with Crippen LogP contribution in [0.1, 0.15) is 18.4 Å². The highest BCUT2D eigenvalue weighted by Crippen LogP contribution is 2.23. The van der Waals surface area contributed by atoms with Gasteiger partial charge in [-0.15, -0.1) is 0 Å². The summed E-state index contributed by atoms with van der Waals surface area (Å²) in [7, 11) is 0. The van der Waals surface area contributed by atoms with Crippen LogP contribution in [0.2, 0.25) is 0 Å². The second-order valence-corrected chi connectivity index (χ2v) is 6.63. The first kappa shape index (κ1) is 17.3. The van der Waals surface area contributed by atoms with Gasteiger partial charge in [-0.25, -0.2) is 14.4 Å². The first-order valence-electron chi connectivity index (χ1n) is 9.19. The first-order chi connectivity index (χ1) is 13.3. The molecule has 1 aromatic heterocycles. The van der Waals surface area contributed by atoms with Gasteiger partial charge >= 0.3 is 0 Å². The second kappa shape index (κ2) is 8.03. The van der Waals surface area contributed by atoms with Gasteiger partial charge in [0.2, 0.25) is 0 Å². The van der Waals surface area contributed by atoms with Crippen molar-refractivity contribution in [1.29, 1.82) is 0 Å².